The van der Waals surface area contributed by atoms with E-state index < -0.39 is 0 Å². The Balaban J connectivity index is 0.00000261. The van der Waals surface area contributed by atoms with E-state index in [0.717, 1.165) is 12.8 Å². The molecular weight excluding hydrogens is 366 g/mol. The highest BCUT2D eigenvalue weighted by Crippen LogP contribution is 2.13. The number of hydrogen-bond acceptors (Lipinski definition) is 4. The number of carbonyl (C=O) groups excluding carboxylic acids is 2. The van der Waals surface area contributed by atoms with Crippen molar-refractivity contribution in [3.05, 3.63) is 59.5 Å². The molecular formula is C20H26ClN3O3. The summed E-state index contributed by atoms with van der Waals surface area (Å²) in [6.07, 6.45) is 3.75. The van der Waals surface area contributed by atoms with Crippen molar-refractivity contribution in [1.29, 1.82) is 0 Å². The van der Waals surface area contributed by atoms with E-state index in [1.54, 1.807) is 11.0 Å². The molecule has 1 saturated heterocycles. The van der Waals surface area contributed by atoms with Gasteiger partial charge in [0, 0.05) is 32.6 Å². The molecule has 27 heavy (non-hydrogen) atoms. The Kier molecular flexibility index (Phi) is 7.88. The lowest BCUT2D eigenvalue weighted by Crippen LogP contribution is -2.50. The highest BCUT2D eigenvalue weighted by Gasteiger charge is 2.25. The van der Waals surface area contributed by atoms with Crippen molar-refractivity contribution in [3.63, 3.8) is 0 Å². The minimum Gasteiger partial charge on any atom is -0.467 e. The second kappa shape index (κ2) is 10.1. The van der Waals surface area contributed by atoms with Gasteiger partial charge in [0.2, 0.25) is 5.91 Å². The third-order valence-electron chi connectivity index (χ3n) is 4.72. The Morgan fingerprint density at radius 2 is 1.70 bits per heavy atom. The summed E-state index contributed by atoms with van der Waals surface area (Å²) in [6, 6.07) is 11.9. The number of piperazine rings is 1. The molecule has 0 spiro atoms. The van der Waals surface area contributed by atoms with E-state index in [9.17, 15) is 9.59 Å². The predicted molar refractivity (Wildman–Crippen MR) is 106 cm³/mol. The molecule has 0 aliphatic carbocycles. The molecule has 1 aromatic heterocycles. The van der Waals surface area contributed by atoms with Crippen LogP contribution in [0.4, 0.5) is 0 Å². The summed E-state index contributed by atoms with van der Waals surface area (Å²) in [5, 5.41) is 0. The average Bonchev–Trinajstić information content (AvgIpc) is 3.17. The quantitative estimate of drug-likeness (QED) is 0.820. The van der Waals surface area contributed by atoms with Gasteiger partial charge in [0.15, 0.2) is 0 Å². The second-order valence-corrected chi connectivity index (χ2v) is 6.52. The smallest absolute Gasteiger partial charge is 0.257 e. The number of aryl methyl sites for hydroxylation is 1. The van der Waals surface area contributed by atoms with Crippen LogP contribution in [0.5, 0.6) is 0 Å². The monoisotopic (exact) mass is 391 g/mol. The van der Waals surface area contributed by atoms with Crippen molar-refractivity contribution in [3.8, 4) is 0 Å². The van der Waals surface area contributed by atoms with Crippen LogP contribution in [0.25, 0.3) is 0 Å². The van der Waals surface area contributed by atoms with Gasteiger partial charge < -0.3 is 20.0 Å². The minimum atomic E-state index is -0.0652. The van der Waals surface area contributed by atoms with Gasteiger partial charge in [0.25, 0.3) is 5.91 Å². The lowest BCUT2D eigenvalue weighted by molar-refractivity contribution is -0.132. The Hall–Kier alpha value is -2.31. The van der Waals surface area contributed by atoms with E-state index in [1.165, 1.54) is 11.8 Å². The molecule has 2 amide bonds. The largest absolute Gasteiger partial charge is 0.467 e. The van der Waals surface area contributed by atoms with Gasteiger partial charge in [0.1, 0.15) is 12.0 Å². The zero-order chi connectivity index (χ0) is 18.4. The number of carbonyl (C=O) groups is 2. The van der Waals surface area contributed by atoms with Gasteiger partial charge in [-0.1, -0.05) is 30.3 Å². The van der Waals surface area contributed by atoms with E-state index in [4.69, 9.17) is 10.2 Å². The van der Waals surface area contributed by atoms with E-state index in [0.29, 0.717) is 43.9 Å². The number of rotatable bonds is 6. The van der Waals surface area contributed by atoms with Crippen molar-refractivity contribution in [2.24, 2.45) is 5.73 Å². The highest BCUT2D eigenvalue weighted by atomic mass is 35.5. The normalized spacial score (nSPS) is 14.0. The van der Waals surface area contributed by atoms with Gasteiger partial charge in [-0.05, 0) is 24.5 Å². The fourth-order valence-electron chi connectivity index (χ4n) is 3.19. The third-order valence-corrected chi connectivity index (χ3v) is 4.72. The van der Waals surface area contributed by atoms with Crippen molar-refractivity contribution >= 4 is 24.2 Å². The van der Waals surface area contributed by atoms with Crippen molar-refractivity contribution in [2.45, 2.75) is 25.8 Å². The summed E-state index contributed by atoms with van der Waals surface area (Å²) in [7, 11) is 0. The number of hydrogen-bond donors (Lipinski definition) is 1. The first-order valence-corrected chi connectivity index (χ1v) is 9.06. The summed E-state index contributed by atoms with van der Waals surface area (Å²) in [4.78, 5) is 28.4. The van der Waals surface area contributed by atoms with E-state index in [2.05, 4.69) is 12.1 Å². The summed E-state index contributed by atoms with van der Waals surface area (Å²) < 4.78 is 5.23. The molecule has 1 aliphatic rings. The molecule has 1 fully saturated rings. The molecule has 0 radical (unpaired) electrons. The first kappa shape index (κ1) is 21.0. The number of halogens is 1. The lowest BCUT2D eigenvalue weighted by atomic mass is 10.1. The number of benzene rings is 1. The summed E-state index contributed by atoms with van der Waals surface area (Å²) in [5.41, 5.74) is 7.29. The average molecular weight is 392 g/mol. The maximum atomic E-state index is 12.5. The van der Waals surface area contributed by atoms with Crippen LogP contribution in [0.1, 0.15) is 34.5 Å². The zero-order valence-corrected chi connectivity index (χ0v) is 16.1. The number of amides is 2. The van der Waals surface area contributed by atoms with Crippen molar-refractivity contribution in [2.75, 3.05) is 26.2 Å². The number of furan rings is 1. The van der Waals surface area contributed by atoms with Crippen LogP contribution in [0, 0.1) is 0 Å². The molecule has 2 aromatic rings. The van der Waals surface area contributed by atoms with Crippen LogP contribution in [0.2, 0.25) is 0 Å². The van der Waals surface area contributed by atoms with Crippen LogP contribution < -0.4 is 5.73 Å². The van der Waals surface area contributed by atoms with Gasteiger partial charge in [0.05, 0.1) is 12.1 Å². The van der Waals surface area contributed by atoms with Crippen LogP contribution in [-0.4, -0.2) is 47.8 Å². The molecule has 2 N–H and O–H groups in total. The summed E-state index contributed by atoms with van der Waals surface area (Å²) >= 11 is 0. The third kappa shape index (κ3) is 5.58. The topological polar surface area (TPSA) is 79.8 Å². The summed E-state index contributed by atoms with van der Waals surface area (Å²) in [5.74, 6) is 0.701. The molecule has 6 nitrogen and oxygen atoms in total. The lowest BCUT2D eigenvalue weighted by Gasteiger charge is -2.34. The molecule has 1 aliphatic heterocycles. The van der Waals surface area contributed by atoms with E-state index >= 15 is 0 Å². The Morgan fingerprint density at radius 1 is 1.04 bits per heavy atom. The first-order chi connectivity index (χ1) is 12.7. The van der Waals surface area contributed by atoms with Crippen molar-refractivity contribution in [1.82, 2.24) is 9.80 Å². The molecule has 1 aromatic carbocycles. The van der Waals surface area contributed by atoms with Gasteiger partial charge in [-0.25, -0.2) is 0 Å². The van der Waals surface area contributed by atoms with Crippen LogP contribution in [0.15, 0.2) is 47.1 Å². The Labute approximate surface area is 165 Å². The van der Waals surface area contributed by atoms with Crippen molar-refractivity contribution < 1.29 is 14.0 Å². The molecule has 7 heteroatoms. The van der Waals surface area contributed by atoms with E-state index in [1.807, 2.05) is 23.1 Å². The maximum absolute atomic E-state index is 12.5. The standard InChI is InChI=1S/C20H25N3O3.ClH/c21-14-18-13-17(15-26-18)20(25)23-11-9-22(10-12-23)19(24)8-4-7-16-5-2-1-3-6-16;/h1-3,5-6,13,15H,4,7-12,14,21H2;1H. The maximum Gasteiger partial charge on any atom is 0.257 e. The summed E-state index contributed by atoms with van der Waals surface area (Å²) in [6.45, 7) is 2.53. The van der Waals surface area contributed by atoms with Crippen LogP contribution >= 0.6 is 12.4 Å². The zero-order valence-electron chi connectivity index (χ0n) is 15.3. The van der Waals surface area contributed by atoms with Crippen LogP contribution in [-0.2, 0) is 17.8 Å². The molecule has 3 rings (SSSR count). The molecule has 0 atom stereocenters. The van der Waals surface area contributed by atoms with E-state index in [-0.39, 0.29) is 30.8 Å². The van der Waals surface area contributed by atoms with Gasteiger partial charge in [-0.2, -0.15) is 0 Å². The minimum absolute atomic E-state index is 0. The second-order valence-electron chi connectivity index (χ2n) is 6.52. The van der Waals surface area contributed by atoms with Gasteiger partial charge in [-0.3, -0.25) is 9.59 Å². The Bertz CT molecular complexity index is 740. The number of nitrogens with zero attached hydrogens (tertiary/aromatic N) is 2. The Morgan fingerprint density at radius 3 is 2.33 bits per heavy atom. The van der Waals surface area contributed by atoms with Gasteiger partial charge >= 0.3 is 0 Å². The SMILES string of the molecule is Cl.NCc1cc(C(=O)N2CCN(C(=O)CCCc3ccccc3)CC2)co1. The fraction of sp³-hybridized carbons (Fsp3) is 0.400. The fourth-order valence-corrected chi connectivity index (χ4v) is 3.19. The molecule has 0 unspecified atom stereocenters. The van der Waals surface area contributed by atoms with Gasteiger partial charge in [-0.15, -0.1) is 12.4 Å². The first-order valence-electron chi connectivity index (χ1n) is 9.06. The van der Waals surface area contributed by atoms with Crippen LogP contribution in [0.3, 0.4) is 0 Å². The number of nitrogens with two attached hydrogens (primary N) is 1. The molecule has 0 saturated carbocycles. The molecule has 146 valence electrons. The molecule has 0 bridgehead atoms. The highest BCUT2D eigenvalue weighted by molar-refractivity contribution is 5.94. The predicted octanol–water partition coefficient (Wildman–Crippen LogP) is 2.47. The molecule has 2 heterocycles.